The van der Waals surface area contributed by atoms with E-state index in [9.17, 15) is 4.79 Å². The average molecular weight is 255 g/mol. The molecule has 0 atom stereocenters. The van der Waals surface area contributed by atoms with Crippen LogP contribution in [0.4, 0.5) is 5.13 Å². The summed E-state index contributed by atoms with van der Waals surface area (Å²) in [5.74, 6) is -0.694. The van der Waals surface area contributed by atoms with Crippen molar-refractivity contribution >= 4 is 34.4 Å². The Kier molecular flexibility index (Phi) is 4.58. The lowest BCUT2D eigenvalue weighted by molar-refractivity contribution is -0.112. The van der Waals surface area contributed by atoms with Gasteiger partial charge in [-0.25, -0.2) is 9.98 Å². The molecule has 0 aromatic carbocycles. The second-order valence-electron chi connectivity index (χ2n) is 3.21. The van der Waals surface area contributed by atoms with Crippen LogP contribution in [-0.4, -0.2) is 49.0 Å². The number of thiazole rings is 1. The number of aromatic nitrogens is 1. The lowest BCUT2D eigenvalue weighted by Gasteiger charge is -2.00. The zero-order chi connectivity index (χ0) is 12.8. The smallest absolute Gasteiger partial charge is 0.273 e. The van der Waals surface area contributed by atoms with E-state index in [1.807, 2.05) is 14.1 Å². The van der Waals surface area contributed by atoms with Crippen molar-refractivity contribution in [3.8, 4) is 0 Å². The number of nitrogens with zero attached hydrogens (tertiary/aromatic N) is 4. The van der Waals surface area contributed by atoms with Gasteiger partial charge in [0.25, 0.3) is 5.91 Å². The monoisotopic (exact) mass is 255 g/mol. The van der Waals surface area contributed by atoms with Crippen molar-refractivity contribution in [3.05, 3.63) is 11.1 Å². The van der Waals surface area contributed by atoms with Gasteiger partial charge in [0.15, 0.2) is 5.71 Å². The number of amides is 1. The summed E-state index contributed by atoms with van der Waals surface area (Å²) < 4.78 is 0. The number of hydrogen-bond donors (Lipinski definition) is 1. The Labute approximate surface area is 103 Å². The molecule has 1 amide bonds. The van der Waals surface area contributed by atoms with Crippen molar-refractivity contribution in [2.75, 3.05) is 21.2 Å². The van der Waals surface area contributed by atoms with Gasteiger partial charge in [-0.15, -0.1) is 11.3 Å². The molecule has 0 fully saturated rings. The van der Waals surface area contributed by atoms with Gasteiger partial charge in [-0.3, -0.25) is 4.79 Å². The van der Waals surface area contributed by atoms with Crippen molar-refractivity contribution in [1.29, 1.82) is 0 Å². The summed E-state index contributed by atoms with van der Waals surface area (Å²) in [5, 5.41) is 5.68. The van der Waals surface area contributed by atoms with Gasteiger partial charge in [-0.1, -0.05) is 5.16 Å². The van der Waals surface area contributed by atoms with Gasteiger partial charge in [0.2, 0.25) is 5.13 Å². The van der Waals surface area contributed by atoms with Gasteiger partial charge in [0, 0.05) is 19.5 Å². The van der Waals surface area contributed by atoms with E-state index in [-0.39, 0.29) is 5.71 Å². The molecule has 0 saturated heterocycles. The minimum atomic E-state index is -0.694. The zero-order valence-electron chi connectivity index (χ0n) is 9.75. The third-order valence-corrected chi connectivity index (χ3v) is 2.30. The van der Waals surface area contributed by atoms with E-state index in [4.69, 9.17) is 5.73 Å². The Morgan fingerprint density at radius 3 is 2.88 bits per heavy atom. The zero-order valence-corrected chi connectivity index (χ0v) is 10.6. The third kappa shape index (κ3) is 3.83. The number of primary amides is 1. The van der Waals surface area contributed by atoms with Crippen LogP contribution in [0.25, 0.3) is 0 Å². The summed E-state index contributed by atoms with van der Waals surface area (Å²) in [4.78, 5) is 25.6. The fourth-order valence-electron chi connectivity index (χ4n) is 0.906. The van der Waals surface area contributed by atoms with Gasteiger partial charge in [0.05, 0.1) is 6.34 Å². The van der Waals surface area contributed by atoms with Crippen LogP contribution in [0, 0.1) is 0 Å². The average Bonchev–Trinajstić information content (AvgIpc) is 2.71. The van der Waals surface area contributed by atoms with E-state index in [0.29, 0.717) is 10.8 Å². The second kappa shape index (κ2) is 5.94. The maximum absolute atomic E-state index is 11.1. The molecule has 1 heterocycles. The fraction of sp³-hybridized carbons (Fsp3) is 0.333. The summed E-state index contributed by atoms with van der Waals surface area (Å²) in [5.41, 5.74) is 5.49. The normalized spacial score (nSPS) is 11.8. The van der Waals surface area contributed by atoms with Gasteiger partial charge in [-0.05, 0) is 0 Å². The van der Waals surface area contributed by atoms with Crippen molar-refractivity contribution in [2.24, 2.45) is 15.9 Å². The lowest BCUT2D eigenvalue weighted by atomic mass is 10.3. The first-order valence-corrected chi connectivity index (χ1v) is 5.50. The number of rotatable bonds is 5. The van der Waals surface area contributed by atoms with Crippen molar-refractivity contribution in [3.63, 3.8) is 0 Å². The minimum Gasteiger partial charge on any atom is -0.398 e. The molecule has 17 heavy (non-hydrogen) atoms. The molecule has 1 aromatic rings. The topological polar surface area (TPSA) is 93.2 Å². The Morgan fingerprint density at radius 2 is 2.35 bits per heavy atom. The van der Waals surface area contributed by atoms with Crippen LogP contribution >= 0.6 is 11.3 Å². The molecular formula is C9H13N5O2S. The number of aliphatic imine (C=N–C) groups is 1. The molecule has 0 spiro atoms. The largest absolute Gasteiger partial charge is 0.398 e. The number of nitrogens with two attached hydrogens (primary N) is 1. The molecule has 0 aliphatic carbocycles. The SMILES string of the molecule is CON=C(C(N)=O)c1csc(N=CN(C)C)n1. The van der Waals surface area contributed by atoms with Gasteiger partial charge >= 0.3 is 0 Å². The molecule has 8 heteroatoms. The Morgan fingerprint density at radius 1 is 1.65 bits per heavy atom. The fourth-order valence-corrected chi connectivity index (χ4v) is 1.55. The standard InChI is InChI=1S/C9H13N5O2S/c1-14(2)5-11-9-12-6(4-17-9)7(8(10)15)13-16-3/h4-5H,1-3H3,(H2,10,15). The molecule has 0 radical (unpaired) electrons. The molecule has 0 saturated carbocycles. The molecule has 0 bridgehead atoms. The van der Waals surface area contributed by atoms with E-state index >= 15 is 0 Å². The first kappa shape index (κ1) is 13.1. The van der Waals surface area contributed by atoms with Crippen LogP contribution < -0.4 is 5.73 Å². The van der Waals surface area contributed by atoms with Crippen LogP contribution in [0.1, 0.15) is 5.69 Å². The molecule has 0 unspecified atom stereocenters. The maximum Gasteiger partial charge on any atom is 0.273 e. The van der Waals surface area contributed by atoms with Crippen molar-refractivity contribution < 1.29 is 9.63 Å². The number of oxime groups is 1. The minimum absolute atomic E-state index is 0.0185. The van der Waals surface area contributed by atoms with Crippen LogP contribution in [0.15, 0.2) is 15.5 Å². The lowest BCUT2D eigenvalue weighted by Crippen LogP contribution is -2.24. The molecule has 92 valence electrons. The quantitative estimate of drug-likeness (QED) is 0.462. The van der Waals surface area contributed by atoms with Gasteiger partial charge in [0.1, 0.15) is 12.8 Å². The van der Waals surface area contributed by atoms with Crippen LogP contribution in [0.5, 0.6) is 0 Å². The van der Waals surface area contributed by atoms with E-state index < -0.39 is 5.91 Å². The Hall–Kier alpha value is -1.96. The molecule has 1 aromatic heterocycles. The molecule has 1 rings (SSSR count). The molecule has 7 nitrogen and oxygen atoms in total. The van der Waals surface area contributed by atoms with Gasteiger partial charge in [-0.2, -0.15) is 0 Å². The van der Waals surface area contributed by atoms with Crippen LogP contribution in [0.3, 0.4) is 0 Å². The molecule has 0 aliphatic heterocycles. The number of carbonyl (C=O) groups is 1. The highest BCUT2D eigenvalue weighted by atomic mass is 32.1. The highest BCUT2D eigenvalue weighted by molar-refractivity contribution is 7.13. The maximum atomic E-state index is 11.1. The summed E-state index contributed by atoms with van der Waals surface area (Å²) >= 11 is 1.28. The number of hydrogen-bond acceptors (Lipinski definition) is 6. The predicted molar refractivity (Wildman–Crippen MR) is 66.7 cm³/mol. The van der Waals surface area contributed by atoms with E-state index in [1.54, 1.807) is 16.6 Å². The third-order valence-electron chi connectivity index (χ3n) is 1.55. The molecule has 0 aliphatic rings. The molecular weight excluding hydrogens is 242 g/mol. The predicted octanol–water partition coefficient (Wildman–Crippen LogP) is 0.200. The summed E-state index contributed by atoms with van der Waals surface area (Å²) in [6.07, 6.45) is 1.61. The number of carbonyl (C=O) groups excluding carboxylic acids is 1. The van der Waals surface area contributed by atoms with Crippen molar-refractivity contribution in [2.45, 2.75) is 0 Å². The summed E-state index contributed by atoms with van der Waals surface area (Å²) in [7, 11) is 5.03. The highest BCUT2D eigenvalue weighted by Crippen LogP contribution is 2.18. The molecule has 2 N–H and O–H groups in total. The van der Waals surface area contributed by atoms with E-state index in [1.165, 1.54) is 18.4 Å². The van der Waals surface area contributed by atoms with Gasteiger partial charge < -0.3 is 15.5 Å². The Bertz CT molecular complexity index is 452. The summed E-state index contributed by atoms with van der Waals surface area (Å²) in [6.45, 7) is 0. The first-order valence-electron chi connectivity index (χ1n) is 4.62. The van der Waals surface area contributed by atoms with Crippen molar-refractivity contribution in [1.82, 2.24) is 9.88 Å². The highest BCUT2D eigenvalue weighted by Gasteiger charge is 2.15. The van der Waals surface area contributed by atoms with E-state index in [2.05, 4.69) is 20.0 Å². The first-order chi connectivity index (χ1) is 8.04. The van der Waals surface area contributed by atoms with E-state index in [0.717, 1.165) is 0 Å². The van der Waals surface area contributed by atoms with Crippen LogP contribution in [0.2, 0.25) is 0 Å². The van der Waals surface area contributed by atoms with Crippen LogP contribution in [-0.2, 0) is 9.63 Å². The Balaban J connectivity index is 2.93. The summed E-state index contributed by atoms with van der Waals surface area (Å²) in [6, 6.07) is 0. The second-order valence-corrected chi connectivity index (χ2v) is 4.05.